The maximum Gasteiger partial charge on any atom is 0.264 e. The van der Waals surface area contributed by atoms with Gasteiger partial charge in [-0.25, -0.2) is 8.42 Å². The third-order valence-electron chi connectivity index (χ3n) is 5.43. The van der Waals surface area contributed by atoms with Crippen molar-refractivity contribution in [2.45, 2.75) is 17.6 Å². The molecular weight excluding hydrogens is 555 g/mol. The summed E-state index contributed by atoms with van der Waals surface area (Å²) < 4.78 is 38.8. The van der Waals surface area contributed by atoms with Crippen LogP contribution in [0.1, 0.15) is 11.1 Å². The van der Waals surface area contributed by atoms with Crippen LogP contribution in [0.25, 0.3) is 0 Å². The van der Waals surface area contributed by atoms with Gasteiger partial charge in [0, 0.05) is 34.2 Å². The lowest BCUT2D eigenvalue weighted by molar-refractivity contribution is -0.119. The molecule has 0 aliphatic rings. The molecule has 0 aliphatic carbocycles. The highest BCUT2D eigenvalue weighted by molar-refractivity contribution is 7.98. The third-order valence-corrected chi connectivity index (χ3v) is 8.91. The number of nitrogens with zero attached hydrogens (tertiary/aromatic N) is 1. The molecular formula is C26H28Cl2N2O5S2. The Morgan fingerprint density at radius 3 is 2.24 bits per heavy atom. The first-order valence-electron chi connectivity index (χ1n) is 11.3. The predicted molar refractivity (Wildman–Crippen MR) is 151 cm³/mol. The molecule has 0 bridgehead atoms. The van der Waals surface area contributed by atoms with Gasteiger partial charge in [0.2, 0.25) is 5.91 Å². The number of hydrogen-bond acceptors (Lipinski definition) is 6. The number of anilines is 1. The molecule has 3 aromatic carbocycles. The zero-order valence-corrected chi connectivity index (χ0v) is 23.8. The molecule has 0 fully saturated rings. The molecule has 3 rings (SSSR count). The Morgan fingerprint density at radius 2 is 1.62 bits per heavy atom. The number of carbonyl (C=O) groups is 1. The number of hydrogen-bond donors (Lipinski definition) is 1. The number of sulfonamides is 1. The van der Waals surface area contributed by atoms with E-state index in [2.05, 4.69) is 5.32 Å². The Kier molecular flexibility index (Phi) is 10.4. The predicted octanol–water partition coefficient (Wildman–Crippen LogP) is 5.56. The smallest absolute Gasteiger partial charge is 0.264 e. The second-order valence-corrected chi connectivity index (χ2v) is 11.7. The van der Waals surface area contributed by atoms with Gasteiger partial charge in [-0.05, 0) is 48.9 Å². The molecule has 0 aliphatic heterocycles. The SMILES string of the molecule is COc1ccc(N(CC(=O)NCCSCc2c(Cl)cccc2Cl)S(=O)(=O)c2ccc(C)cc2)cc1OC. The van der Waals surface area contributed by atoms with E-state index in [0.29, 0.717) is 39.6 Å². The van der Waals surface area contributed by atoms with Crippen molar-refractivity contribution < 1.29 is 22.7 Å². The van der Waals surface area contributed by atoms with E-state index in [4.69, 9.17) is 32.7 Å². The van der Waals surface area contributed by atoms with Gasteiger partial charge in [0.1, 0.15) is 6.54 Å². The lowest BCUT2D eigenvalue weighted by Crippen LogP contribution is -2.41. The standard InChI is InChI=1S/C26H28Cl2N2O5S2/c1-18-7-10-20(11-8-18)37(32,33)30(19-9-12-24(34-2)25(15-19)35-3)16-26(31)29-13-14-36-17-21-22(27)5-4-6-23(21)28/h4-12,15H,13-14,16-17H2,1-3H3,(H,29,31). The first kappa shape index (κ1) is 29.0. The number of ether oxygens (including phenoxy) is 2. The van der Waals surface area contributed by atoms with E-state index in [-0.39, 0.29) is 10.6 Å². The van der Waals surface area contributed by atoms with Crippen LogP contribution in [0, 0.1) is 6.92 Å². The average molecular weight is 584 g/mol. The fourth-order valence-corrected chi connectivity index (χ4v) is 6.43. The Hall–Kier alpha value is -2.59. The molecule has 0 heterocycles. The number of thioether (sulfide) groups is 1. The van der Waals surface area contributed by atoms with Crippen LogP contribution in [0.5, 0.6) is 11.5 Å². The quantitative estimate of drug-likeness (QED) is 0.281. The van der Waals surface area contributed by atoms with Crippen LogP contribution in [-0.2, 0) is 20.6 Å². The van der Waals surface area contributed by atoms with Crippen molar-refractivity contribution in [2.24, 2.45) is 0 Å². The lowest BCUT2D eigenvalue weighted by Gasteiger charge is -2.25. The van der Waals surface area contributed by atoms with Gasteiger partial charge in [-0.1, -0.05) is 47.0 Å². The summed E-state index contributed by atoms with van der Waals surface area (Å²) in [5, 5.41) is 3.98. The minimum absolute atomic E-state index is 0.0767. The summed E-state index contributed by atoms with van der Waals surface area (Å²) in [6.45, 7) is 1.80. The van der Waals surface area contributed by atoms with Gasteiger partial charge in [0.05, 0.1) is 24.8 Å². The van der Waals surface area contributed by atoms with E-state index in [1.54, 1.807) is 54.2 Å². The minimum atomic E-state index is -4.05. The Labute approximate surface area is 232 Å². The van der Waals surface area contributed by atoms with E-state index in [0.717, 1.165) is 15.4 Å². The van der Waals surface area contributed by atoms with Gasteiger partial charge in [-0.2, -0.15) is 11.8 Å². The summed E-state index contributed by atoms with van der Waals surface area (Å²) in [4.78, 5) is 12.9. The molecule has 7 nitrogen and oxygen atoms in total. The summed E-state index contributed by atoms with van der Waals surface area (Å²) in [6.07, 6.45) is 0. The number of benzene rings is 3. The van der Waals surface area contributed by atoms with E-state index in [1.807, 2.05) is 6.92 Å². The normalized spacial score (nSPS) is 11.2. The number of nitrogens with one attached hydrogen (secondary N) is 1. The first-order chi connectivity index (χ1) is 17.7. The number of carbonyl (C=O) groups excluding carboxylic acids is 1. The number of aryl methyl sites for hydroxylation is 1. The average Bonchev–Trinajstić information content (AvgIpc) is 2.88. The monoisotopic (exact) mass is 582 g/mol. The van der Waals surface area contributed by atoms with Gasteiger partial charge in [-0.15, -0.1) is 0 Å². The maximum atomic E-state index is 13.6. The van der Waals surface area contributed by atoms with Crippen molar-refractivity contribution in [3.63, 3.8) is 0 Å². The highest BCUT2D eigenvalue weighted by atomic mass is 35.5. The molecule has 0 spiro atoms. The molecule has 0 saturated carbocycles. The minimum Gasteiger partial charge on any atom is -0.493 e. The van der Waals surface area contributed by atoms with Crippen LogP contribution in [-0.4, -0.2) is 47.4 Å². The molecule has 198 valence electrons. The molecule has 37 heavy (non-hydrogen) atoms. The molecule has 1 N–H and O–H groups in total. The number of methoxy groups -OCH3 is 2. The summed E-state index contributed by atoms with van der Waals surface area (Å²) in [7, 11) is -1.10. The van der Waals surface area contributed by atoms with Gasteiger partial charge in [0.15, 0.2) is 11.5 Å². The van der Waals surface area contributed by atoms with Crippen LogP contribution in [0.2, 0.25) is 10.0 Å². The van der Waals surface area contributed by atoms with E-state index in [9.17, 15) is 13.2 Å². The Morgan fingerprint density at radius 1 is 0.973 bits per heavy atom. The van der Waals surface area contributed by atoms with Crippen molar-refractivity contribution in [2.75, 3.05) is 37.4 Å². The molecule has 0 radical (unpaired) electrons. The summed E-state index contributed by atoms with van der Waals surface area (Å²) >= 11 is 14.0. The van der Waals surface area contributed by atoms with Crippen LogP contribution in [0.4, 0.5) is 5.69 Å². The van der Waals surface area contributed by atoms with Crippen LogP contribution in [0.15, 0.2) is 65.6 Å². The van der Waals surface area contributed by atoms with Crippen molar-refractivity contribution in [3.8, 4) is 11.5 Å². The Balaban J connectivity index is 1.73. The van der Waals surface area contributed by atoms with Gasteiger partial charge >= 0.3 is 0 Å². The summed E-state index contributed by atoms with van der Waals surface area (Å²) in [6, 6.07) is 16.5. The maximum absolute atomic E-state index is 13.6. The van der Waals surface area contributed by atoms with Crippen molar-refractivity contribution in [1.82, 2.24) is 5.32 Å². The van der Waals surface area contributed by atoms with Crippen LogP contribution in [0.3, 0.4) is 0 Å². The second-order valence-electron chi connectivity index (χ2n) is 7.97. The molecule has 0 saturated heterocycles. The number of halogens is 2. The Bertz CT molecular complexity index is 1320. The zero-order chi connectivity index (χ0) is 27.0. The highest BCUT2D eigenvalue weighted by Crippen LogP contribution is 2.34. The van der Waals surface area contributed by atoms with Crippen molar-refractivity contribution in [1.29, 1.82) is 0 Å². The van der Waals surface area contributed by atoms with Gasteiger partial charge in [0.25, 0.3) is 10.0 Å². The topological polar surface area (TPSA) is 84.9 Å². The fraction of sp³-hybridized carbons (Fsp3) is 0.269. The van der Waals surface area contributed by atoms with Crippen molar-refractivity contribution >= 4 is 56.6 Å². The molecule has 0 atom stereocenters. The summed E-state index contributed by atoms with van der Waals surface area (Å²) in [5.74, 6) is 1.53. The molecule has 1 amide bonds. The number of rotatable bonds is 12. The zero-order valence-electron chi connectivity index (χ0n) is 20.7. The van der Waals surface area contributed by atoms with Crippen LogP contribution >= 0.6 is 35.0 Å². The molecule has 0 aromatic heterocycles. The van der Waals surface area contributed by atoms with E-state index >= 15 is 0 Å². The fourth-order valence-electron chi connectivity index (χ4n) is 3.43. The van der Waals surface area contributed by atoms with Crippen molar-refractivity contribution in [3.05, 3.63) is 81.8 Å². The molecule has 0 unspecified atom stereocenters. The van der Waals surface area contributed by atoms with Crippen LogP contribution < -0.4 is 19.1 Å². The van der Waals surface area contributed by atoms with E-state index < -0.39 is 22.5 Å². The largest absolute Gasteiger partial charge is 0.493 e. The first-order valence-corrected chi connectivity index (χ1v) is 14.6. The summed E-state index contributed by atoms with van der Waals surface area (Å²) in [5.41, 5.74) is 2.03. The highest BCUT2D eigenvalue weighted by Gasteiger charge is 2.28. The molecule has 11 heteroatoms. The number of amides is 1. The third kappa shape index (κ3) is 7.47. The van der Waals surface area contributed by atoms with E-state index in [1.165, 1.54) is 32.4 Å². The second kappa shape index (κ2) is 13.3. The van der Waals surface area contributed by atoms with Gasteiger partial charge < -0.3 is 14.8 Å². The molecule has 3 aromatic rings. The lowest BCUT2D eigenvalue weighted by atomic mass is 10.2. The van der Waals surface area contributed by atoms with Gasteiger partial charge in [-0.3, -0.25) is 9.10 Å².